The molecule has 0 fully saturated rings. The third-order valence-corrected chi connectivity index (χ3v) is 2.46. The standard InChI is InChI=1S/C11H16O3S/c1-7(15)8-5-10(13-3)11(14-4)6-9(8)12-2/h5-7,15H,1-4H3. The molecule has 4 heteroatoms. The molecule has 1 atom stereocenters. The van der Waals surface area contributed by atoms with Crippen LogP contribution in [0.3, 0.4) is 0 Å². The van der Waals surface area contributed by atoms with Gasteiger partial charge in [0.15, 0.2) is 11.5 Å². The number of thiol groups is 1. The Hall–Kier alpha value is -1.03. The average molecular weight is 228 g/mol. The number of ether oxygens (including phenoxy) is 3. The molecule has 0 aromatic heterocycles. The summed E-state index contributed by atoms with van der Waals surface area (Å²) in [5.74, 6) is 2.11. The van der Waals surface area contributed by atoms with Crippen molar-refractivity contribution in [1.29, 1.82) is 0 Å². The summed E-state index contributed by atoms with van der Waals surface area (Å²) < 4.78 is 15.7. The van der Waals surface area contributed by atoms with Crippen molar-refractivity contribution in [2.45, 2.75) is 12.2 Å². The van der Waals surface area contributed by atoms with E-state index in [2.05, 4.69) is 12.6 Å². The molecular weight excluding hydrogens is 212 g/mol. The zero-order chi connectivity index (χ0) is 11.4. The number of rotatable bonds is 4. The van der Waals surface area contributed by atoms with Crippen molar-refractivity contribution in [1.82, 2.24) is 0 Å². The number of hydrogen-bond acceptors (Lipinski definition) is 4. The molecule has 0 aliphatic heterocycles. The first-order valence-corrected chi connectivity index (χ1v) is 5.13. The first-order chi connectivity index (χ1) is 7.13. The van der Waals surface area contributed by atoms with E-state index in [0.717, 1.165) is 11.3 Å². The van der Waals surface area contributed by atoms with E-state index in [4.69, 9.17) is 14.2 Å². The molecule has 3 nitrogen and oxygen atoms in total. The first kappa shape index (κ1) is 12.0. The van der Waals surface area contributed by atoms with E-state index in [1.807, 2.05) is 13.0 Å². The van der Waals surface area contributed by atoms with E-state index in [0.29, 0.717) is 11.5 Å². The second-order valence-corrected chi connectivity index (χ2v) is 3.90. The van der Waals surface area contributed by atoms with E-state index in [9.17, 15) is 0 Å². The predicted octanol–water partition coefficient (Wildman–Crippen LogP) is 2.70. The molecule has 84 valence electrons. The molecule has 0 amide bonds. The Bertz CT molecular complexity index is 337. The number of benzene rings is 1. The molecular formula is C11H16O3S. The van der Waals surface area contributed by atoms with Crippen molar-refractivity contribution in [3.8, 4) is 17.2 Å². The summed E-state index contributed by atoms with van der Waals surface area (Å²) in [6, 6.07) is 3.69. The Labute approximate surface area is 95.8 Å². The summed E-state index contributed by atoms with van der Waals surface area (Å²) in [6.45, 7) is 1.98. The maximum atomic E-state index is 5.26. The van der Waals surface area contributed by atoms with Gasteiger partial charge in [0, 0.05) is 16.9 Å². The van der Waals surface area contributed by atoms with E-state index >= 15 is 0 Å². The lowest BCUT2D eigenvalue weighted by molar-refractivity contribution is 0.347. The highest BCUT2D eigenvalue weighted by atomic mass is 32.1. The molecule has 0 spiro atoms. The zero-order valence-corrected chi connectivity index (χ0v) is 10.3. The van der Waals surface area contributed by atoms with Gasteiger partial charge in [-0.15, -0.1) is 0 Å². The minimum absolute atomic E-state index is 0.0831. The van der Waals surface area contributed by atoms with Gasteiger partial charge in [0.2, 0.25) is 0 Å². The van der Waals surface area contributed by atoms with Gasteiger partial charge in [-0.25, -0.2) is 0 Å². The number of hydrogen-bond donors (Lipinski definition) is 1. The molecule has 1 rings (SSSR count). The lowest BCUT2D eigenvalue weighted by Gasteiger charge is -2.15. The summed E-state index contributed by atoms with van der Waals surface area (Å²) in [5.41, 5.74) is 0.985. The fourth-order valence-corrected chi connectivity index (χ4v) is 1.58. The fraction of sp³-hybridized carbons (Fsp3) is 0.455. The van der Waals surface area contributed by atoms with E-state index in [-0.39, 0.29) is 5.25 Å². The van der Waals surface area contributed by atoms with Gasteiger partial charge in [0.05, 0.1) is 21.3 Å². The topological polar surface area (TPSA) is 27.7 Å². The van der Waals surface area contributed by atoms with Crippen molar-refractivity contribution in [3.05, 3.63) is 17.7 Å². The van der Waals surface area contributed by atoms with Crippen LogP contribution >= 0.6 is 12.6 Å². The molecule has 0 heterocycles. The molecule has 0 radical (unpaired) electrons. The van der Waals surface area contributed by atoms with Crippen LogP contribution in [0.2, 0.25) is 0 Å². The molecule has 0 aliphatic carbocycles. The van der Waals surface area contributed by atoms with Gasteiger partial charge in [0.1, 0.15) is 5.75 Å². The Morgan fingerprint density at radius 1 is 0.933 bits per heavy atom. The lowest BCUT2D eigenvalue weighted by Crippen LogP contribution is -1.97. The third kappa shape index (κ3) is 2.50. The third-order valence-electron chi connectivity index (χ3n) is 2.19. The highest BCUT2D eigenvalue weighted by Crippen LogP contribution is 2.38. The van der Waals surface area contributed by atoms with Crippen LogP contribution in [0.5, 0.6) is 17.2 Å². The summed E-state index contributed by atoms with van der Waals surface area (Å²) in [5, 5.41) is 0.0831. The SMILES string of the molecule is COc1cc(OC)c(C(C)S)cc1OC. The van der Waals surface area contributed by atoms with Crippen molar-refractivity contribution in [2.75, 3.05) is 21.3 Å². The molecule has 1 aromatic rings. The normalized spacial score (nSPS) is 12.1. The lowest BCUT2D eigenvalue weighted by atomic mass is 10.1. The molecule has 0 saturated heterocycles. The maximum absolute atomic E-state index is 5.26. The van der Waals surface area contributed by atoms with Gasteiger partial charge >= 0.3 is 0 Å². The van der Waals surface area contributed by atoms with Crippen LogP contribution in [-0.2, 0) is 0 Å². The van der Waals surface area contributed by atoms with Crippen LogP contribution in [-0.4, -0.2) is 21.3 Å². The molecule has 1 aromatic carbocycles. The largest absolute Gasteiger partial charge is 0.496 e. The Kier molecular flexibility index (Phi) is 4.15. The Morgan fingerprint density at radius 3 is 1.80 bits per heavy atom. The Balaban J connectivity index is 3.27. The van der Waals surface area contributed by atoms with Crippen LogP contribution in [0, 0.1) is 0 Å². The van der Waals surface area contributed by atoms with Gasteiger partial charge in [-0.3, -0.25) is 0 Å². The number of methoxy groups -OCH3 is 3. The molecule has 1 unspecified atom stereocenters. The van der Waals surface area contributed by atoms with E-state index < -0.39 is 0 Å². The predicted molar refractivity (Wildman–Crippen MR) is 63.5 cm³/mol. The van der Waals surface area contributed by atoms with Crippen LogP contribution in [0.4, 0.5) is 0 Å². The van der Waals surface area contributed by atoms with Crippen LogP contribution in [0.15, 0.2) is 12.1 Å². The van der Waals surface area contributed by atoms with Crippen molar-refractivity contribution >= 4 is 12.6 Å². The summed E-state index contributed by atoms with van der Waals surface area (Å²) >= 11 is 4.38. The van der Waals surface area contributed by atoms with Crippen molar-refractivity contribution < 1.29 is 14.2 Å². The molecule has 0 N–H and O–H groups in total. The summed E-state index contributed by atoms with van der Waals surface area (Å²) in [7, 11) is 4.83. The van der Waals surface area contributed by atoms with Crippen molar-refractivity contribution in [2.24, 2.45) is 0 Å². The summed E-state index contributed by atoms with van der Waals surface area (Å²) in [6.07, 6.45) is 0. The fourth-order valence-electron chi connectivity index (χ4n) is 1.38. The van der Waals surface area contributed by atoms with E-state index in [1.165, 1.54) is 0 Å². The minimum atomic E-state index is 0.0831. The highest BCUT2D eigenvalue weighted by Gasteiger charge is 2.14. The maximum Gasteiger partial charge on any atom is 0.164 e. The minimum Gasteiger partial charge on any atom is -0.496 e. The highest BCUT2D eigenvalue weighted by molar-refractivity contribution is 7.80. The van der Waals surface area contributed by atoms with Crippen molar-refractivity contribution in [3.63, 3.8) is 0 Å². The van der Waals surface area contributed by atoms with Gasteiger partial charge in [0.25, 0.3) is 0 Å². The van der Waals surface area contributed by atoms with Crippen LogP contribution < -0.4 is 14.2 Å². The van der Waals surface area contributed by atoms with Gasteiger partial charge < -0.3 is 14.2 Å². The Morgan fingerprint density at radius 2 is 1.40 bits per heavy atom. The summed E-state index contributed by atoms with van der Waals surface area (Å²) in [4.78, 5) is 0. The molecule has 0 bridgehead atoms. The smallest absolute Gasteiger partial charge is 0.164 e. The second kappa shape index (κ2) is 5.16. The average Bonchev–Trinajstić information content (AvgIpc) is 2.26. The van der Waals surface area contributed by atoms with Crippen LogP contribution in [0.25, 0.3) is 0 Å². The van der Waals surface area contributed by atoms with Gasteiger partial charge in [-0.1, -0.05) is 0 Å². The zero-order valence-electron chi connectivity index (χ0n) is 9.40. The van der Waals surface area contributed by atoms with Crippen LogP contribution in [0.1, 0.15) is 17.7 Å². The van der Waals surface area contributed by atoms with Gasteiger partial charge in [-0.2, -0.15) is 12.6 Å². The monoisotopic (exact) mass is 228 g/mol. The first-order valence-electron chi connectivity index (χ1n) is 4.62. The molecule has 0 aliphatic rings. The van der Waals surface area contributed by atoms with E-state index in [1.54, 1.807) is 27.4 Å². The quantitative estimate of drug-likeness (QED) is 0.803. The molecule has 0 saturated carbocycles. The molecule has 15 heavy (non-hydrogen) atoms. The second-order valence-electron chi connectivity index (χ2n) is 3.13. The van der Waals surface area contributed by atoms with Gasteiger partial charge in [-0.05, 0) is 13.0 Å².